The lowest BCUT2D eigenvalue weighted by atomic mass is 10.3. The molecule has 2 aromatic rings. The van der Waals surface area contributed by atoms with Gasteiger partial charge in [-0.05, 0) is 26.8 Å². The van der Waals surface area contributed by atoms with Crippen molar-refractivity contribution in [3.05, 3.63) is 33.5 Å². The van der Waals surface area contributed by atoms with E-state index in [0.717, 1.165) is 22.1 Å². The maximum absolute atomic E-state index is 4.37. The summed E-state index contributed by atoms with van der Waals surface area (Å²) in [6.45, 7) is 6.61. The predicted octanol–water partition coefficient (Wildman–Crippen LogP) is 2.47. The summed E-state index contributed by atoms with van der Waals surface area (Å²) < 4.78 is 0. The molecule has 0 aromatic carbocycles. The lowest BCUT2D eigenvalue weighted by molar-refractivity contribution is 0.979. The second-order valence-electron chi connectivity index (χ2n) is 3.69. The van der Waals surface area contributed by atoms with Gasteiger partial charge in [0.15, 0.2) is 0 Å². The lowest BCUT2D eigenvalue weighted by Crippen LogP contribution is -2.05. The molecule has 2 heterocycles. The van der Waals surface area contributed by atoms with E-state index in [4.69, 9.17) is 0 Å². The zero-order chi connectivity index (χ0) is 11.5. The van der Waals surface area contributed by atoms with Crippen LogP contribution in [0.3, 0.4) is 0 Å². The van der Waals surface area contributed by atoms with E-state index in [0.29, 0.717) is 12.5 Å². The van der Waals surface area contributed by atoms with Gasteiger partial charge in [-0.3, -0.25) is 0 Å². The predicted molar refractivity (Wildman–Crippen MR) is 65.7 cm³/mol. The van der Waals surface area contributed by atoms with E-state index in [2.05, 4.69) is 20.3 Å². The summed E-state index contributed by atoms with van der Waals surface area (Å²) in [5.74, 6) is 0.670. The Morgan fingerprint density at radius 2 is 1.81 bits per heavy atom. The first-order valence-electron chi connectivity index (χ1n) is 5.10. The van der Waals surface area contributed by atoms with E-state index in [-0.39, 0.29) is 0 Å². The zero-order valence-corrected chi connectivity index (χ0v) is 10.4. The Morgan fingerprint density at radius 3 is 2.38 bits per heavy atom. The highest BCUT2D eigenvalue weighted by atomic mass is 32.1. The van der Waals surface area contributed by atoms with Crippen molar-refractivity contribution in [3.63, 3.8) is 0 Å². The van der Waals surface area contributed by atoms with E-state index in [1.165, 1.54) is 0 Å². The molecule has 16 heavy (non-hydrogen) atoms. The van der Waals surface area contributed by atoms with Crippen molar-refractivity contribution >= 4 is 17.3 Å². The van der Waals surface area contributed by atoms with Crippen LogP contribution in [-0.4, -0.2) is 15.0 Å². The highest BCUT2D eigenvalue weighted by Gasteiger charge is 2.01. The smallest absolute Gasteiger partial charge is 0.223 e. The van der Waals surface area contributed by atoms with Crippen molar-refractivity contribution in [1.82, 2.24) is 15.0 Å². The third-order valence-corrected chi connectivity index (χ3v) is 2.90. The SMILES string of the molecule is Cc1cc(C)nc(NCc2csc(C)n2)n1. The highest BCUT2D eigenvalue weighted by Crippen LogP contribution is 2.10. The van der Waals surface area contributed by atoms with Gasteiger partial charge in [0.1, 0.15) is 0 Å². The second-order valence-corrected chi connectivity index (χ2v) is 4.75. The standard InChI is InChI=1S/C11H14N4S/c1-7-4-8(2)14-11(13-7)12-5-10-6-16-9(3)15-10/h4,6H,5H2,1-3H3,(H,12,13,14). The number of nitrogens with one attached hydrogen (secondary N) is 1. The molecule has 2 rings (SSSR count). The highest BCUT2D eigenvalue weighted by molar-refractivity contribution is 7.09. The Balaban J connectivity index is 2.04. The number of aryl methyl sites for hydroxylation is 3. The first kappa shape index (κ1) is 11.0. The van der Waals surface area contributed by atoms with Crippen LogP contribution >= 0.6 is 11.3 Å². The van der Waals surface area contributed by atoms with Crippen molar-refractivity contribution < 1.29 is 0 Å². The molecule has 0 atom stereocenters. The Morgan fingerprint density at radius 1 is 1.12 bits per heavy atom. The molecule has 2 aromatic heterocycles. The fourth-order valence-electron chi connectivity index (χ4n) is 1.46. The van der Waals surface area contributed by atoms with Gasteiger partial charge in [-0.15, -0.1) is 11.3 Å². The molecule has 0 saturated heterocycles. The van der Waals surface area contributed by atoms with Gasteiger partial charge in [0.05, 0.1) is 17.2 Å². The molecule has 0 amide bonds. The van der Waals surface area contributed by atoms with Crippen molar-refractivity contribution in [2.45, 2.75) is 27.3 Å². The van der Waals surface area contributed by atoms with Crippen LogP contribution in [0.25, 0.3) is 0 Å². The number of aromatic nitrogens is 3. The first-order chi connectivity index (χ1) is 7.63. The normalized spacial score (nSPS) is 10.4. The molecule has 1 N–H and O–H groups in total. The third kappa shape index (κ3) is 2.76. The molecule has 0 aliphatic heterocycles. The Bertz CT molecular complexity index is 472. The quantitative estimate of drug-likeness (QED) is 0.886. The van der Waals surface area contributed by atoms with E-state index in [9.17, 15) is 0 Å². The van der Waals surface area contributed by atoms with Gasteiger partial charge >= 0.3 is 0 Å². The fourth-order valence-corrected chi connectivity index (χ4v) is 2.08. The zero-order valence-electron chi connectivity index (χ0n) is 9.61. The van der Waals surface area contributed by atoms with Crippen LogP contribution in [0.1, 0.15) is 22.1 Å². The molecule has 0 bridgehead atoms. The Kier molecular flexibility index (Phi) is 3.14. The second kappa shape index (κ2) is 4.57. The molecule has 84 valence electrons. The molecule has 0 saturated carbocycles. The van der Waals surface area contributed by atoms with Crippen molar-refractivity contribution in [1.29, 1.82) is 0 Å². The first-order valence-corrected chi connectivity index (χ1v) is 5.98. The van der Waals surface area contributed by atoms with Crippen molar-refractivity contribution in [3.8, 4) is 0 Å². The van der Waals surface area contributed by atoms with Crippen LogP contribution < -0.4 is 5.32 Å². The molecule has 4 nitrogen and oxygen atoms in total. The largest absolute Gasteiger partial charge is 0.349 e. The monoisotopic (exact) mass is 234 g/mol. The van der Waals surface area contributed by atoms with E-state index in [1.54, 1.807) is 11.3 Å². The maximum atomic E-state index is 4.37. The van der Waals surface area contributed by atoms with Crippen LogP contribution in [0.5, 0.6) is 0 Å². The molecular formula is C11H14N4S. The van der Waals surface area contributed by atoms with Gasteiger partial charge < -0.3 is 5.32 Å². The maximum Gasteiger partial charge on any atom is 0.223 e. The number of rotatable bonds is 3. The van der Waals surface area contributed by atoms with Crippen LogP contribution in [-0.2, 0) is 6.54 Å². The number of hydrogen-bond donors (Lipinski definition) is 1. The number of hydrogen-bond acceptors (Lipinski definition) is 5. The summed E-state index contributed by atoms with van der Waals surface area (Å²) in [6.07, 6.45) is 0. The Labute approximate surface area is 98.8 Å². The van der Waals surface area contributed by atoms with Gasteiger partial charge in [0, 0.05) is 16.8 Å². The molecule has 0 unspecified atom stereocenters. The van der Waals surface area contributed by atoms with E-state index >= 15 is 0 Å². The van der Waals surface area contributed by atoms with E-state index < -0.39 is 0 Å². The molecule has 5 heteroatoms. The number of anilines is 1. The lowest BCUT2D eigenvalue weighted by Gasteiger charge is -2.04. The summed E-state index contributed by atoms with van der Waals surface area (Å²) in [5, 5.41) is 6.31. The summed E-state index contributed by atoms with van der Waals surface area (Å²) >= 11 is 1.65. The summed E-state index contributed by atoms with van der Waals surface area (Å²) in [6, 6.07) is 1.96. The summed E-state index contributed by atoms with van der Waals surface area (Å²) in [4.78, 5) is 13.0. The van der Waals surface area contributed by atoms with Crippen LogP contribution in [0.4, 0.5) is 5.95 Å². The van der Waals surface area contributed by atoms with Gasteiger partial charge in [0.25, 0.3) is 0 Å². The molecular weight excluding hydrogens is 220 g/mol. The minimum Gasteiger partial charge on any atom is -0.349 e. The molecule has 0 aliphatic carbocycles. The molecule has 0 aliphatic rings. The van der Waals surface area contributed by atoms with Gasteiger partial charge in [0.2, 0.25) is 5.95 Å². The van der Waals surface area contributed by atoms with Crippen LogP contribution in [0.15, 0.2) is 11.4 Å². The average Bonchev–Trinajstić information content (AvgIpc) is 2.60. The number of thiazole rings is 1. The van der Waals surface area contributed by atoms with Gasteiger partial charge in [-0.2, -0.15) is 0 Å². The summed E-state index contributed by atoms with van der Waals surface area (Å²) in [5.41, 5.74) is 2.99. The fraction of sp³-hybridized carbons (Fsp3) is 0.364. The van der Waals surface area contributed by atoms with Crippen LogP contribution in [0.2, 0.25) is 0 Å². The van der Waals surface area contributed by atoms with Crippen LogP contribution in [0, 0.1) is 20.8 Å². The third-order valence-electron chi connectivity index (χ3n) is 2.08. The van der Waals surface area contributed by atoms with E-state index in [1.807, 2.05) is 32.2 Å². The minimum atomic E-state index is 0.670. The minimum absolute atomic E-state index is 0.670. The summed E-state index contributed by atoms with van der Waals surface area (Å²) in [7, 11) is 0. The van der Waals surface area contributed by atoms with Gasteiger partial charge in [-0.25, -0.2) is 15.0 Å². The molecule has 0 spiro atoms. The van der Waals surface area contributed by atoms with Gasteiger partial charge in [-0.1, -0.05) is 0 Å². The molecule has 0 radical (unpaired) electrons. The van der Waals surface area contributed by atoms with Crippen molar-refractivity contribution in [2.75, 3.05) is 5.32 Å². The number of nitrogens with zero attached hydrogens (tertiary/aromatic N) is 3. The van der Waals surface area contributed by atoms with Crippen molar-refractivity contribution in [2.24, 2.45) is 0 Å². The Hall–Kier alpha value is -1.49. The average molecular weight is 234 g/mol. The molecule has 0 fully saturated rings. The topological polar surface area (TPSA) is 50.7 Å².